The van der Waals surface area contributed by atoms with E-state index in [4.69, 9.17) is 5.11 Å². The van der Waals surface area contributed by atoms with Gasteiger partial charge in [0.05, 0.1) is 11.6 Å². The van der Waals surface area contributed by atoms with Crippen LogP contribution in [0.2, 0.25) is 0 Å². The molecule has 1 heterocycles. The van der Waals surface area contributed by atoms with Crippen LogP contribution in [0.1, 0.15) is 45.0 Å². The van der Waals surface area contributed by atoms with Crippen LogP contribution in [0.15, 0.2) is 6.07 Å². The molecule has 0 aliphatic carbocycles. The van der Waals surface area contributed by atoms with Crippen LogP contribution in [0.25, 0.3) is 0 Å². The summed E-state index contributed by atoms with van der Waals surface area (Å²) in [5.74, 6) is -1.37. The van der Waals surface area contributed by atoms with Gasteiger partial charge in [-0.1, -0.05) is 20.8 Å². The molecule has 0 saturated carbocycles. The number of aromatic nitrogens is 2. The van der Waals surface area contributed by atoms with E-state index in [1.165, 1.54) is 0 Å². The molecule has 1 unspecified atom stereocenters. The SMILES string of the molecule is CC(C(=O)O)c1cc(C(C)(C)C)n[nH]1. The summed E-state index contributed by atoms with van der Waals surface area (Å²) in [7, 11) is 0. The summed E-state index contributed by atoms with van der Waals surface area (Å²) in [4.78, 5) is 10.7. The number of aromatic amines is 1. The zero-order chi connectivity index (χ0) is 10.9. The van der Waals surface area contributed by atoms with Crippen molar-refractivity contribution in [1.82, 2.24) is 10.2 Å². The Morgan fingerprint density at radius 1 is 1.57 bits per heavy atom. The Balaban J connectivity index is 2.94. The number of H-pyrrole nitrogens is 1. The van der Waals surface area contributed by atoms with E-state index in [1.54, 1.807) is 6.92 Å². The maximum atomic E-state index is 10.7. The third-order valence-electron chi connectivity index (χ3n) is 2.20. The van der Waals surface area contributed by atoms with Gasteiger partial charge < -0.3 is 5.11 Å². The van der Waals surface area contributed by atoms with E-state index in [9.17, 15) is 4.79 Å². The van der Waals surface area contributed by atoms with E-state index in [2.05, 4.69) is 10.2 Å². The Labute approximate surface area is 83.3 Å². The fraction of sp³-hybridized carbons (Fsp3) is 0.600. The highest BCUT2D eigenvalue weighted by Gasteiger charge is 2.21. The van der Waals surface area contributed by atoms with Crippen LogP contribution in [0.4, 0.5) is 0 Å². The monoisotopic (exact) mass is 196 g/mol. The van der Waals surface area contributed by atoms with Crippen molar-refractivity contribution < 1.29 is 9.90 Å². The van der Waals surface area contributed by atoms with Crippen molar-refractivity contribution in [1.29, 1.82) is 0 Å². The molecule has 0 spiro atoms. The lowest BCUT2D eigenvalue weighted by Crippen LogP contribution is -2.11. The van der Waals surface area contributed by atoms with Gasteiger partial charge in [0.15, 0.2) is 0 Å². The molecule has 0 saturated heterocycles. The van der Waals surface area contributed by atoms with Gasteiger partial charge in [-0.15, -0.1) is 0 Å². The minimum atomic E-state index is -0.839. The molecule has 2 N–H and O–H groups in total. The Morgan fingerprint density at radius 2 is 2.14 bits per heavy atom. The average molecular weight is 196 g/mol. The number of aliphatic carboxylic acids is 1. The normalized spacial score (nSPS) is 14.0. The van der Waals surface area contributed by atoms with Crippen molar-refractivity contribution in [2.75, 3.05) is 0 Å². The molecule has 0 bridgehead atoms. The molecule has 78 valence electrons. The standard InChI is InChI=1S/C10H16N2O2/c1-6(9(13)14)7-5-8(12-11-7)10(2,3)4/h5-6H,1-4H3,(H,11,12)(H,13,14). The topological polar surface area (TPSA) is 66.0 Å². The molecule has 14 heavy (non-hydrogen) atoms. The van der Waals surface area contributed by atoms with Gasteiger partial charge in [0.1, 0.15) is 0 Å². The number of carboxylic acids is 1. The Bertz CT molecular complexity index is 336. The summed E-state index contributed by atoms with van der Waals surface area (Å²) in [5.41, 5.74) is 1.50. The lowest BCUT2D eigenvalue weighted by Gasteiger charge is -2.13. The molecule has 0 fully saturated rings. The van der Waals surface area contributed by atoms with E-state index in [-0.39, 0.29) is 5.41 Å². The quantitative estimate of drug-likeness (QED) is 0.759. The van der Waals surface area contributed by atoms with Crippen LogP contribution in [-0.4, -0.2) is 21.3 Å². The van der Waals surface area contributed by atoms with Gasteiger partial charge in [0.25, 0.3) is 0 Å². The van der Waals surface area contributed by atoms with Crippen molar-refractivity contribution in [2.45, 2.75) is 39.0 Å². The van der Waals surface area contributed by atoms with Crippen molar-refractivity contribution in [3.8, 4) is 0 Å². The van der Waals surface area contributed by atoms with Crippen LogP contribution in [0, 0.1) is 0 Å². The summed E-state index contributed by atoms with van der Waals surface area (Å²) < 4.78 is 0. The first-order valence-electron chi connectivity index (χ1n) is 4.61. The van der Waals surface area contributed by atoms with Crippen LogP contribution < -0.4 is 0 Å². The van der Waals surface area contributed by atoms with Gasteiger partial charge in [-0.3, -0.25) is 9.89 Å². The maximum Gasteiger partial charge on any atom is 0.312 e. The average Bonchev–Trinajstić information content (AvgIpc) is 2.49. The predicted molar refractivity (Wildman–Crippen MR) is 53.3 cm³/mol. The van der Waals surface area contributed by atoms with Gasteiger partial charge in [-0.2, -0.15) is 5.10 Å². The largest absolute Gasteiger partial charge is 0.481 e. The van der Waals surface area contributed by atoms with Crippen molar-refractivity contribution in [3.63, 3.8) is 0 Å². The van der Waals surface area contributed by atoms with E-state index < -0.39 is 11.9 Å². The number of nitrogens with zero attached hydrogens (tertiary/aromatic N) is 1. The summed E-state index contributed by atoms with van der Waals surface area (Å²) in [6, 6.07) is 1.82. The second-order valence-electron chi connectivity index (χ2n) is 4.52. The third-order valence-corrected chi connectivity index (χ3v) is 2.20. The molecule has 4 heteroatoms. The van der Waals surface area contributed by atoms with Crippen molar-refractivity contribution in [2.24, 2.45) is 0 Å². The molecule has 0 radical (unpaired) electrons. The van der Waals surface area contributed by atoms with Crippen molar-refractivity contribution >= 4 is 5.97 Å². The predicted octanol–water partition coefficient (Wildman–Crippen LogP) is 1.90. The smallest absolute Gasteiger partial charge is 0.312 e. The Morgan fingerprint density at radius 3 is 2.50 bits per heavy atom. The van der Waals surface area contributed by atoms with Crippen molar-refractivity contribution in [3.05, 3.63) is 17.5 Å². The lowest BCUT2D eigenvalue weighted by molar-refractivity contribution is -0.138. The maximum absolute atomic E-state index is 10.7. The molecule has 0 aliphatic heterocycles. The number of rotatable bonds is 2. The molecule has 0 aromatic carbocycles. The minimum absolute atomic E-state index is 0.0486. The molecule has 0 amide bonds. The molecule has 0 aliphatic rings. The minimum Gasteiger partial charge on any atom is -0.481 e. The molecule has 1 aromatic rings. The summed E-state index contributed by atoms with van der Waals surface area (Å²) in [6.45, 7) is 7.76. The lowest BCUT2D eigenvalue weighted by atomic mass is 9.91. The summed E-state index contributed by atoms with van der Waals surface area (Å²) in [6.07, 6.45) is 0. The molecule has 1 rings (SSSR count). The fourth-order valence-corrected chi connectivity index (χ4v) is 1.08. The number of carbonyl (C=O) groups is 1. The highest BCUT2D eigenvalue weighted by Crippen LogP contribution is 2.23. The number of carboxylic acid groups (broad SMARTS) is 1. The first kappa shape index (κ1) is 10.8. The van der Waals surface area contributed by atoms with Crippen LogP contribution in [0.3, 0.4) is 0 Å². The highest BCUT2D eigenvalue weighted by atomic mass is 16.4. The second-order valence-corrected chi connectivity index (χ2v) is 4.52. The first-order valence-corrected chi connectivity index (χ1v) is 4.61. The molecular weight excluding hydrogens is 180 g/mol. The first-order chi connectivity index (χ1) is 6.32. The van der Waals surface area contributed by atoms with Crippen LogP contribution in [-0.2, 0) is 10.2 Å². The molecular formula is C10H16N2O2. The zero-order valence-corrected chi connectivity index (χ0v) is 8.96. The van der Waals surface area contributed by atoms with Gasteiger partial charge in [0, 0.05) is 11.1 Å². The summed E-state index contributed by atoms with van der Waals surface area (Å²) >= 11 is 0. The van der Waals surface area contributed by atoms with Gasteiger partial charge >= 0.3 is 5.97 Å². The number of hydrogen-bond donors (Lipinski definition) is 2. The zero-order valence-electron chi connectivity index (χ0n) is 8.96. The van der Waals surface area contributed by atoms with Gasteiger partial charge in [0.2, 0.25) is 0 Å². The molecule has 1 aromatic heterocycles. The number of nitrogens with one attached hydrogen (secondary N) is 1. The third kappa shape index (κ3) is 2.13. The highest BCUT2D eigenvalue weighted by molar-refractivity contribution is 5.74. The Kier molecular flexibility index (Phi) is 2.64. The fourth-order valence-electron chi connectivity index (χ4n) is 1.08. The van der Waals surface area contributed by atoms with E-state index in [0.717, 1.165) is 5.69 Å². The van der Waals surface area contributed by atoms with Crippen LogP contribution in [0.5, 0.6) is 0 Å². The molecule has 1 atom stereocenters. The van der Waals surface area contributed by atoms with Gasteiger partial charge in [-0.25, -0.2) is 0 Å². The summed E-state index contributed by atoms with van der Waals surface area (Å²) in [5, 5.41) is 15.7. The Hall–Kier alpha value is -1.32. The number of hydrogen-bond acceptors (Lipinski definition) is 2. The van der Waals surface area contributed by atoms with E-state index in [0.29, 0.717) is 5.69 Å². The molecule has 4 nitrogen and oxygen atoms in total. The second kappa shape index (κ2) is 3.44. The van der Waals surface area contributed by atoms with E-state index >= 15 is 0 Å². The van der Waals surface area contributed by atoms with E-state index in [1.807, 2.05) is 26.8 Å². The van der Waals surface area contributed by atoms with Gasteiger partial charge in [-0.05, 0) is 13.0 Å². The van der Waals surface area contributed by atoms with Crippen LogP contribution >= 0.6 is 0 Å².